The van der Waals surface area contributed by atoms with Gasteiger partial charge in [-0.1, -0.05) is 0 Å². The zero-order valence-corrected chi connectivity index (χ0v) is 9.46. The lowest BCUT2D eigenvalue weighted by molar-refractivity contribution is -0.388. The Morgan fingerprint density at radius 2 is 1.95 bits per heavy atom. The van der Waals surface area contributed by atoms with Crippen LogP contribution in [0.5, 0.6) is 0 Å². The van der Waals surface area contributed by atoms with E-state index in [0.29, 0.717) is 12.1 Å². The molecule has 0 radical (unpaired) electrons. The topological polar surface area (TPSA) is 110 Å². The molecule has 9 heteroatoms. The molecule has 1 aromatic rings. The third kappa shape index (κ3) is 3.40. The molecule has 0 saturated heterocycles. The summed E-state index contributed by atoms with van der Waals surface area (Å²) in [4.78, 5) is 9.34. The number of nitro benzene ring substituents is 1. The molecule has 0 heterocycles. The molecule has 0 bridgehead atoms. The van der Waals surface area contributed by atoms with Crippen molar-refractivity contribution in [2.45, 2.75) is 18.4 Å². The second-order valence-electron chi connectivity index (χ2n) is 3.78. The number of aliphatic hydroxyl groups excluding tert-OH is 2. The Hall–Kier alpha value is -1.71. The second kappa shape index (κ2) is 5.51. The van der Waals surface area contributed by atoms with Crippen molar-refractivity contribution in [1.82, 2.24) is 0 Å². The summed E-state index contributed by atoms with van der Waals surface area (Å²) in [6.07, 6.45) is -8.04. The normalized spacial score (nSPS) is 15.1. The van der Waals surface area contributed by atoms with Gasteiger partial charge in [0.25, 0.3) is 5.69 Å². The van der Waals surface area contributed by atoms with Crippen molar-refractivity contribution in [3.63, 3.8) is 0 Å². The van der Waals surface area contributed by atoms with Gasteiger partial charge >= 0.3 is 6.18 Å². The predicted octanol–water partition coefficient (Wildman–Crippen LogP) is 0.967. The zero-order valence-electron chi connectivity index (χ0n) is 9.46. The predicted molar refractivity (Wildman–Crippen MR) is 58.1 cm³/mol. The van der Waals surface area contributed by atoms with Gasteiger partial charge in [-0.25, -0.2) is 0 Å². The van der Waals surface area contributed by atoms with E-state index in [2.05, 4.69) is 0 Å². The van der Waals surface area contributed by atoms with E-state index in [0.717, 1.165) is 6.07 Å². The summed E-state index contributed by atoms with van der Waals surface area (Å²) in [7, 11) is 0. The average molecular weight is 280 g/mol. The van der Waals surface area contributed by atoms with Gasteiger partial charge in [-0.2, -0.15) is 13.2 Å². The van der Waals surface area contributed by atoms with Crippen LogP contribution in [0.1, 0.15) is 17.2 Å². The highest BCUT2D eigenvalue weighted by Crippen LogP contribution is 2.37. The highest BCUT2D eigenvalue weighted by Gasteiger charge is 2.39. The number of halogens is 3. The van der Waals surface area contributed by atoms with Gasteiger partial charge in [0.2, 0.25) is 0 Å². The number of aliphatic hydroxyl groups is 2. The Kier molecular flexibility index (Phi) is 4.45. The maximum atomic E-state index is 12.7. The molecule has 19 heavy (non-hydrogen) atoms. The van der Waals surface area contributed by atoms with Gasteiger partial charge in [0, 0.05) is 12.6 Å². The summed E-state index contributed by atoms with van der Waals surface area (Å²) in [5.41, 5.74) is 2.17. The summed E-state index contributed by atoms with van der Waals surface area (Å²) in [6, 6.07) is 2.00. The number of nitrogens with two attached hydrogens (primary N) is 1. The summed E-state index contributed by atoms with van der Waals surface area (Å²) in [6.45, 7) is -0.362. The van der Waals surface area contributed by atoms with Crippen LogP contribution in [0.3, 0.4) is 0 Å². The fourth-order valence-corrected chi connectivity index (χ4v) is 1.47. The smallest absolute Gasteiger partial charge is 0.389 e. The van der Waals surface area contributed by atoms with Crippen molar-refractivity contribution in [3.8, 4) is 0 Å². The molecule has 4 N–H and O–H groups in total. The number of hydrogen-bond acceptors (Lipinski definition) is 5. The lowest BCUT2D eigenvalue weighted by Gasteiger charge is -2.17. The summed E-state index contributed by atoms with van der Waals surface area (Å²) < 4.78 is 38.0. The fourth-order valence-electron chi connectivity index (χ4n) is 1.47. The Bertz CT molecular complexity index is 478. The van der Waals surface area contributed by atoms with Crippen LogP contribution < -0.4 is 5.73 Å². The van der Waals surface area contributed by atoms with E-state index < -0.39 is 34.6 Å². The SMILES string of the molecule is NC[C@H](O)C(O)c1ccc([N+](=O)[O-])c(C(F)(F)F)c1. The number of benzene rings is 1. The highest BCUT2D eigenvalue weighted by atomic mass is 19.4. The standard InChI is InChI=1S/C10H11F3N2O4/c11-10(12,13)6-3-5(9(17)8(16)4-14)1-2-7(6)15(18)19/h1-3,8-9,16-17H,4,14H2/t8-,9?/m0/s1. The number of nitro groups is 1. The van der Waals surface area contributed by atoms with Crippen molar-refractivity contribution < 1.29 is 28.3 Å². The summed E-state index contributed by atoms with van der Waals surface area (Å²) in [5.74, 6) is 0. The molecule has 0 fully saturated rings. The molecule has 0 saturated carbocycles. The van der Waals surface area contributed by atoms with Crippen LogP contribution in [-0.2, 0) is 6.18 Å². The Morgan fingerprint density at radius 1 is 1.37 bits per heavy atom. The van der Waals surface area contributed by atoms with Gasteiger partial charge < -0.3 is 15.9 Å². The molecule has 0 aliphatic heterocycles. The lowest BCUT2D eigenvalue weighted by atomic mass is 10.0. The van der Waals surface area contributed by atoms with Crippen LogP contribution in [0.25, 0.3) is 0 Å². The lowest BCUT2D eigenvalue weighted by Crippen LogP contribution is -2.27. The van der Waals surface area contributed by atoms with Crippen molar-refractivity contribution in [3.05, 3.63) is 39.4 Å². The molecule has 6 nitrogen and oxygen atoms in total. The van der Waals surface area contributed by atoms with Gasteiger partial charge in [0.05, 0.1) is 11.0 Å². The molecule has 0 aliphatic rings. The molecule has 0 spiro atoms. The van der Waals surface area contributed by atoms with Gasteiger partial charge in [-0.05, 0) is 17.7 Å². The fraction of sp³-hybridized carbons (Fsp3) is 0.400. The monoisotopic (exact) mass is 280 g/mol. The first-order valence-electron chi connectivity index (χ1n) is 5.10. The van der Waals surface area contributed by atoms with Crippen molar-refractivity contribution >= 4 is 5.69 Å². The van der Waals surface area contributed by atoms with Crippen molar-refractivity contribution in [2.24, 2.45) is 5.73 Å². The van der Waals surface area contributed by atoms with Crippen LogP contribution in [0.15, 0.2) is 18.2 Å². The van der Waals surface area contributed by atoms with E-state index in [-0.39, 0.29) is 12.1 Å². The van der Waals surface area contributed by atoms with Gasteiger partial charge in [0.15, 0.2) is 0 Å². The third-order valence-electron chi connectivity index (χ3n) is 2.47. The van der Waals surface area contributed by atoms with E-state index in [9.17, 15) is 33.5 Å². The average Bonchev–Trinajstić information content (AvgIpc) is 2.35. The zero-order chi connectivity index (χ0) is 14.8. The van der Waals surface area contributed by atoms with Gasteiger partial charge in [0.1, 0.15) is 11.7 Å². The number of alkyl halides is 3. The molecule has 1 rings (SSSR count). The van der Waals surface area contributed by atoms with Crippen molar-refractivity contribution in [1.29, 1.82) is 0 Å². The Morgan fingerprint density at radius 3 is 2.37 bits per heavy atom. The minimum Gasteiger partial charge on any atom is -0.389 e. The number of hydrogen-bond donors (Lipinski definition) is 3. The molecule has 1 unspecified atom stereocenters. The molecule has 0 amide bonds. The second-order valence-corrected chi connectivity index (χ2v) is 3.78. The maximum absolute atomic E-state index is 12.7. The number of nitrogens with zero attached hydrogens (tertiary/aromatic N) is 1. The highest BCUT2D eigenvalue weighted by molar-refractivity contribution is 5.45. The molecule has 0 aromatic heterocycles. The van der Waals surface area contributed by atoms with E-state index in [1.807, 2.05) is 0 Å². The molecule has 2 atom stereocenters. The van der Waals surface area contributed by atoms with Crippen molar-refractivity contribution in [2.75, 3.05) is 6.54 Å². The van der Waals surface area contributed by atoms with E-state index in [4.69, 9.17) is 5.73 Å². The Balaban J connectivity index is 3.30. The largest absolute Gasteiger partial charge is 0.423 e. The quantitative estimate of drug-likeness (QED) is 0.562. The maximum Gasteiger partial charge on any atom is 0.423 e. The van der Waals surface area contributed by atoms with Crippen LogP contribution in [-0.4, -0.2) is 27.8 Å². The van der Waals surface area contributed by atoms with Crippen LogP contribution >= 0.6 is 0 Å². The summed E-state index contributed by atoms with van der Waals surface area (Å²) in [5, 5.41) is 29.3. The first-order valence-corrected chi connectivity index (χ1v) is 5.10. The Labute approximate surface area is 105 Å². The van der Waals surface area contributed by atoms with E-state index >= 15 is 0 Å². The number of rotatable bonds is 4. The van der Waals surface area contributed by atoms with Gasteiger partial charge in [-0.15, -0.1) is 0 Å². The van der Waals surface area contributed by atoms with E-state index in [1.165, 1.54) is 0 Å². The van der Waals surface area contributed by atoms with Gasteiger partial charge in [-0.3, -0.25) is 10.1 Å². The molecular formula is C10H11F3N2O4. The first-order chi connectivity index (χ1) is 8.68. The third-order valence-corrected chi connectivity index (χ3v) is 2.47. The van der Waals surface area contributed by atoms with Crippen LogP contribution in [0, 0.1) is 10.1 Å². The minimum absolute atomic E-state index is 0.295. The molecular weight excluding hydrogens is 269 g/mol. The molecule has 0 aliphatic carbocycles. The summed E-state index contributed by atoms with van der Waals surface area (Å²) >= 11 is 0. The first kappa shape index (κ1) is 15.3. The molecule has 1 aromatic carbocycles. The molecule has 106 valence electrons. The minimum atomic E-state index is -4.94. The van der Waals surface area contributed by atoms with Crippen LogP contribution in [0.2, 0.25) is 0 Å². The van der Waals surface area contributed by atoms with E-state index in [1.54, 1.807) is 0 Å². The van der Waals surface area contributed by atoms with Crippen LogP contribution in [0.4, 0.5) is 18.9 Å².